The van der Waals surface area contributed by atoms with Crippen molar-refractivity contribution in [2.75, 3.05) is 0 Å². The summed E-state index contributed by atoms with van der Waals surface area (Å²) < 4.78 is 2.06. The molecule has 102 valence electrons. The molecule has 0 amide bonds. The van der Waals surface area contributed by atoms with Crippen molar-refractivity contribution in [2.24, 2.45) is 0 Å². The predicted octanol–water partition coefficient (Wildman–Crippen LogP) is 3.44. The van der Waals surface area contributed by atoms with E-state index in [1.54, 1.807) is 12.1 Å². The number of rotatable bonds is 2. The van der Waals surface area contributed by atoms with Crippen LogP contribution >= 0.6 is 0 Å². The number of phenolic OH excluding ortho intramolecular Hbond substituents is 2. The fourth-order valence-corrected chi connectivity index (χ4v) is 2.47. The highest BCUT2D eigenvalue weighted by molar-refractivity contribution is 5.82. The molecule has 0 aliphatic rings. The van der Waals surface area contributed by atoms with Gasteiger partial charge in [0, 0.05) is 12.6 Å². The third-order valence-electron chi connectivity index (χ3n) is 3.44. The van der Waals surface area contributed by atoms with Crippen LogP contribution in [0.2, 0.25) is 0 Å². The minimum Gasteiger partial charge on any atom is -0.508 e. The minimum atomic E-state index is 0.0340. The van der Waals surface area contributed by atoms with E-state index in [2.05, 4.69) is 15.6 Å². The highest BCUT2D eigenvalue weighted by Crippen LogP contribution is 2.33. The van der Waals surface area contributed by atoms with Gasteiger partial charge in [0.2, 0.25) is 0 Å². The third-order valence-corrected chi connectivity index (χ3v) is 3.44. The molecule has 2 aromatic carbocycles. The molecule has 3 aromatic rings. The molecule has 3 rings (SSSR count). The SMILES string of the molecule is CCn1c(-c2ccc(O)cc2O)nc2cc(C)ccc21. The van der Waals surface area contributed by atoms with Crippen LogP contribution in [0.3, 0.4) is 0 Å². The first-order valence-corrected chi connectivity index (χ1v) is 6.59. The van der Waals surface area contributed by atoms with Crippen LogP contribution in [0.25, 0.3) is 22.4 Å². The maximum atomic E-state index is 10.0. The van der Waals surface area contributed by atoms with Crippen molar-refractivity contribution in [3.63, 3.8) is 0 Å². The monoisotopic (exact) mass is 268 g/mol. The van der Waals surface area contributed by atoms with Gasteiger partial charge in [0.1, 0.15) is 17.3 Å². The van der Waals surface area contributed by atoms with Crippen molar-refractivity contribution in [3.05, 3.63) is 42.0 Å². The molecule has 0 saturated heterocycles. The maximum absolute atomic E-state index is 10.0. The zero-order valence-corrected chi connectivity index (χ0v) is 11.5. The third kappa shape index (κ3) is 1.90. The molecule has 1 aromatic heterocycles. The van der Waals surface area contributed by atoms with E-state index < -0.39 is 0 Å². The van der Waals surface area contributed by atoms with E-state index in [1.807, 2.05) is 26.0 Å². The number of aryl methyl sites for hydroxylation is 2. The summed E-state index contributed by atoms with van der Waals surface area (Å²) in [7, 11) is 0. The second-order valence-corrected chi connectivity index (χ2v) is 4.87. The predicted molar refractivity (Wildman–Crippen MR) is 78.9 cm³/mol. The quantitative estimate of drug-likeness (QED) is 0.748. The molecular weight excluding hydrogens is 252 g/mol. The number of nitrogens with zero attached hydrogens (tertiary/aromatic N) is 2. The van der Waals surface area contributed by atoms with Gasteiger partial charge in [-0.1, -0.05) is 6.07 Å². The van der Waals surface area contributed by atoms with E-state index in [0.717, 1.165) is 23.1 Å². The van der Waals surface area contributed by atoms with E-state index in [4.69, 9.17) is 0 Å². The van der Waals surface area contributed by atoms with Crippen molar-refractivity contribution in [3.8, 4) is 22.9 Å². The Labute approximate surface area is 116 Å². The van der Waals surface area contributed by atoms with Crippen molar-refractivity contribution in [1.82, 2.24) is 9.55 Å². The van der Waals surface area contributed by atoms with E-state index in [-0.39, 0.29) is 11.5 Å². The zero-order chi connectivity index (χ0) is 14.3. The number of aromatic nitrogens is 2. The van der Waals surface area contributed by atoms with Gasteiger partial charge in [-0.05, 0) is 43.7 Å². The first-order chi connectivity index (χ1) is 9.60. The molecule has 0 bridgehead atoms. The Morgan fingerprint density at radius 2 is 1.90 bits per heavy atom. The van der Waals surface area contributed by atoms with Crippen LogP contribution < -0.4 is 0 Å². The Balaban J connectivity index is 2.30. The second kappa shape index (κ2) is 4.56. The number of hydrogen-bond donors (Lipinski definition) is 2. The van der Waals surface area contributed by atoms with Gasteiger partial charge in [-0.2, -0.15) is 0 Å². The molecule has 0 radical (unpaired) electrons. The number of imidazole rings is 1. The van der Waals surface area contributed by atoms with Gasteiger partial charge in [-0.3, -0.25) is 0 Å². The molecule has 0 aliphatic heterocycles. The largest absolute Gasteiger partial charge is 0.508 e. The highest BCUT2D eigenvalue weighted by atomic mass is 16.3. The number of aromatic hydroxyl groups is 2. The molecule has 4 nitrogen and oxygen atoms in total. The Morgan fingerprint density at radius 3 is 2.60 bits per heavy atom. The van der Waals surface area contributed by atoms with Crippen LogP contribution in [-0.4, -0.2) is 19.8 Å². The standard InChI is InChI=1S/C16H16N2O2/c1-3-18-14-7-4-10(2)8-13(14)17-16(18)12-6-5-11(19)9-15(12)20/h4-9,19-20H,3H2,1-2H3. The molecule has 0 spiro atoms. The molecule has 0 aliphatic carbocycles. The molecular formula is C16H16N2O2. The summed E-state index contributed by atoms with van der Waals surface area (Å²) >= 11 is 0. The lowest BCUT2D eigenvalue weighted by Gasteiger charge is -2.08. The van der Waals surface area contributed by atoms with Crippen molar-refractivity contribution in [1.29, 1.82) is 0 Å². The smallest absolute Gasteiger partial charge is 0.144 e. The van der Waals surface area contributed by atoms with Crippen molar-refractivity contribution >= 4 is 11.0 Å². The lowest BCUT2D eigenvalue weighted by atomic mass is 10.2. The molecule has 1 heterocycles. The fraction of sp³-hybridized carbons (Fsp3) is 0.188. The van der Waals surface area contributed by atoms with Crippen molar-refractivity contribution in [2.45, 2.75) is 20.4 Å². The Morgan fingerprint density at radius 1 is 1.10 bits per heavy atom. The summed E-state index contributed by atoms with van der Waals surface area (Å²) in [5.41, 5.74) is 3.73. The van der Waals surface area contributed by atoms with Gasteiger partial charge < -0.3 is 14.8 Å². The molecule has 0 fully saturated rings. The van der Waals surface area contributed by atoms with Gasteiger partial charge >= 0.3 is 0 Å². The van der Waals surface area contributed by atoms with Crippen LogP contribution in [0.5, 0.6) is 11.5 Å². The van der Waals surface area contributed by atoms with Crippen molar-refractivity contribution < 1.29 is 10.2 Å². The summed E-state index contributed by atoms with van der Waals surface area (Å²) in [4.78, 5) is 4.63. The first-order valence-electron chi connectivity index (χ1n) is 6.59. The summed E-state index contributed by atoms with van der Waals surface area (Å²) in [5.74, 6) is 0.790. The maximum Gasteiger partial charge on any atom is 0.144 e. The van der Waals surface area contributed by atoms with Gasteiger partial charge in [0.15, 0.2) is 0 Å². The minimum absolute atomic E-state index is 0.0340. The lowest BCUT2D eigenvalue weighted by Crippen LogP contribution is -1.97. The molecule has 20 heavy (non-hydrogen) atoms. The van der Waals surface area contributed by atoms with Crippen LogP contribution in [0.4, 0.5) is 0 Å². The van der Waals surface area contributed by atoms with Crippen LogP contribution in [-0.2, 0) is 6.54 Å². The van der Waals surface area contributed by atoms with Gasteiger partial charge in [-0.15, -0.1) is 0 Å². The topological polar surface area (TPSA) is 58.3 Å². The average molecular weight is 268 g/mol. The first kappa shape index (κ1) is 12.5. The Bertz CT molecular complexity index is 791. The average Bonchev–Trinajstić information content (AvgIpc) is 2.75. The van der Waals surface area contributed by atoms with E-state index >= 15 is 0 Å². The normalized spacial score (nSPS) is 11.1. The van der Waals surface area contributed by atoms with Gasteiger partial charge in [0.05, 0.1) is 16.6 Å². The summed E-state index contributed by atoms with van der Waals surface area (Å²) in [6.45, 7) is 4.83. The Hall–Kier alpha value is -2.49. The number of fused-ring (bicyclic) bond motifs is 1. The lowest BCUT2D eigenvalue weighted by molar-refractivity contribution is 0.451. The summed E-state index contributed by atoms with van der Waals surface area (Å²) in [5, 5.41) is 19.4. The van der Waals surface area contributed by atoms with E-state index in [0.29, 0.717) is 11.4 Å². The van der Waals surface area contributed by atoms with Gasteiger partial charge in [-0.25, -0.2) is 4.98 Å². The molecule has 0 saturated carbocycles. The number of benzene rings is 2. The fourth-order valence-electron chi connectivity index (χ4n) is 2.47. The van der Waals surface area contributed by atoms with Crippen LogP contribution in [0.1, 0.15) is 12.5 Å². The highest BCUT2D eigenvalue weighted by Gasteiger charge is 2.15. The molecule has 0 unspecified atom stereocenters. The molecule has 2 N–H and O–H groups in total. The summed E-state index contributed by atoms with van der Waals surface area (Å²) in [6.07, 6.45) is 0. The number of hydrogen-bond acceptors (Lipinski definition) is 3. The molecule has 4 heteroatoms. The van der Waals surface area contributed by atoms with Crippen LogP contribution in [0, 0.1) is 6.92 Å². The Kier molecular flexibility index (Phi) is 2.86. The number of phenols is 2. The van der Waals surface area contributed by atoms with E-state index in [9.17, 15) is 10.2 Å². The van der Waals surface area contributed by atoms with Crippen LogP contribution in [0.15, 0.2) is 36.4 Å². The van der Waals surface area contributed by atoms with Gasteiger partial charge in [0.25, 0.3) is 0 Å². The molecule has 0 atom stereocenters. The van der Waals surface area contributed by atoms with E-state index in [1.165, 1.54) is 6.07 Å². The zero-order valence-electron chi connectivity index (χ0n) is 11.5. The summed E-state index contributed by atoms with van der Waals surface area (Å²) in [6, 6.07) is 10.7. The second-order valence-electron chi connectivity index (χ2n) is 4.87.